The van der Waals surface area contributed by atoms with Gasteiger partial charge in [0.25, 0.3) is 0 Å². The van der Waals surface area contributed by atoms with E-state index in [9.17, 15) is 18.3 Å². The molecule has 0 unspecified atom stereocenters. The van der Waals surface area contributed by atoms with Crippen LogP contribution in [-0.2, 0) is 14.6 Å². The summed E-state index contributed by atoms with van der Waals surface area (Å²) in [5.41, 5.74) is -0.153. The molecule has 0 saturated heterocycles. The Kier molecular flexibility index (Phi) is 3.67. The summed E-state index contributed by atoms with van der Waals surface area (Å²) in [7, 11) is -3.85. The Labute approximate surface area is 119 Å². The van der Waals surface area contributed by atoms with E-state index >= 15 is 0 Å². The number of carbonyl (C=O) groups is 1. The van der Waals surface area contributed by atoms with Crippen molar-refractivity contribution < 1.29 is 18.3 Å². The molecule has 2 rings (SSSR count). The quantitative estimate of drug-likeness (QED) is 0.907. The Balaban J connectivity index is 2.45. The molecule has 0 heterocycles. The minimum atomic E-state index is -3.85. The first kappa shape index (κ1) is 15.0. The van der Waals surface area contributed by atoms with Gasteiger partial charge in [-0.05, 0) is 30.4 Å². The number of sulfone groups is 1. The zero-order chi connectivity index (χ0) is 15.0. The van der Waals surface area contributed by atoms with Crippen LogP contribution in [-0.4, -0.2) is 24.2 Å². The van der Waals surface area contributed by atoms with Crippen LogP contribution in [0, 0.1) is 5.41 Å². The first-order valence-corrected chi connectivity index (χ1v) is 8.35. The zero-order valence-electron chi connectivity index (χ0n) is 11.8. The smallest absolute Gasteiger partial charge is 0.325 e. The van der Waals surface area contributed by atoms with Crippen molar-refractivity contribution in [2.45, 2.75) is 49.2 Å². The molecule has 0 aromatic heterocycles. The standard InChI is InChI=1S/C15H20O4S/c1-3-14(4-2)10-15(11-14,13(16)17)20(18,19)12-8-6-5-7-9-12/h5-9H,3-4,10-11H2,1-2H3,(H,16,17). The normalized spacial score (nSPS) is 20.1. The van der Waals surface area contributed by atoms with Crippen molar-refractivity contribution in [2.75, 3.05) is 0 Å². The van der Waals surface area contributed by atoms with Gasteiger partial charge in [-0.2, -0.15) is 0 Å². The van der Waals surface area contributed by atoms with Crippen LogP contribution in [0.1, 0.15) is 39.5 Å². The number of carboxylic acid groups (broad SMARTS) is 1. The Hall–Kier alpha value is -1.36. The molecule has 1 saturated carbocycles. The fourth-order valence-electron chi connectivity index (χ4n) is 3.19. The van der Waals surface area contributed by atoms with Crippen molar-refractivity contribution >= 4 is 15.8 Å². The second-order valence-electron chi connectivity index (χ2n) is 5.68. The van der Waals surface area contributed by atoms with Gasteiger partial charge in [0.15, 0.2) is 14.6 Å². The van der Waals surface area contributed by atoms with Crippen LogP contribution in [0.4, 0.5) is 0 Å². The van der Waals surface area contributed by atoms with Gasteiger partial charge in [0.05, 0.1) is 4.90 Å². The lowest BCUT2D eigenvalue weighted by atomic mass is 9.58. The number of carboxylic acids is 1. The van der Waals surface area contributed by atoms with Gasteiger partial charge in [0.1, 0.15) is 0 Å². The second kappa shape index (κ2) is 4.88. The van der Waals surface area contributed by atoms with E-state index in [4.69, 9.17) is 0 Å². The molecule has 110 valence electrons. The van der Waals surface area contributed by atoms with E-state index in [1.165, 1.54) is 12.1 Å². The average Bonchev–Trinajstić information content (AvgIpc) is 2.39. The zero-order valence-corrected chi connectivity index (χ0v) is 12.6. The molecule has 0 atom stereocenters. The molecule has 1 aliphatic carbocycles. The van der Waals surface area contributed by atoms with Gasteiger partial charge in [-0.15, -0.1) is 0 Å². The first-order chi connectivity index (χ1) is 9.33. The number of hydrogen-bond acceptors (Lipinski definition) is 3. The molecule has 1 N–H and O–H groups in total. The van der Waals surface area contributed by atoms with E-state index < -0.39 is 20.6 Å². The minimum absolute atomic E-state index is 0.100. The van der Waals surface area contributed by atoms with Crippen LogP contribution >= 0.6 is 0 Å². The Morgan fingerprint density at radius 2 is 1.65 bits per heavy atom. The lowest BCUT2D eigenvalue weighted by molar-refractivity contribution is -0.147. The summed E-state index contributed by atoms with van der Waals surface area (Å²) in [4.78, 5) is 11.8. The van der Waals surface area contributed by atoms with Crippen molar-refractivity contribution in [1.82, 2.24) is 0 Å². The molecule has 5 heteroatoms. The molecule has 1 aromatic carbocycles. The highest BCUT2D eigenvalue weighted by Crippen LogP contribution is 2.58. The summed E-state index contributed by atoms with van der Waals surface area (Å²) in [6.07, 6.45) is 2.03. The van der Waals surface area contributed by atoms with E-state index in [0.717, 1.165) is 12.8 Å². The minimum Gasteiger partial charge on any atom is -0.480 e. The number of aliphatic carboxylic acids is 1. The third-order valence-electron chi connectivity index (χ3n) is 4.78. The van der Waals surface area contributed by atoms with Crippen molar-refractivity contribution in [1.29, 1.82) is 0 Å². The van der Waals surface area contributed by atoms with Gasteiger partial charge in [-0.3, -0.25) is 4.79 Å². The molecule has 1 fully saturated rings. The highest BCUT2D eigenvalue weighted by Gasteiger charge is 2.65. The van der Waals surface area contributed by atoms with Crippen LogP contribution in [0.5, 0.6) is 0 Å². The fraction of sp³-hybridized carbons (Fsp3) is 0.533. The summed E-state index contributed by atoms with van der Waals surface area (Å²) in [5.74, 6) is -1.22. The molecule has 0 bridgehead atoms. The van der Waals surface area contributed by atoms with Crippen molar-refractivity contribution in [2.24, 2.45) is 5.41 Å². The molecule has 0 aliphatic heterocycles. The van der Waals surface area contributed by atoms with Gasteiger partial charge in [-0.25, -0.2) is 8.42 Å². The van der Waals surface area contributed by atoms with Gasteiger partial charge in [0.2, 0.25) is 0 Å². The molecular weight excluding hydrogens is 276 g/mol. The average molecular weight is 296 g/mol. The van der Waals surface area contributed by atoms with Crippen molar-refractivity contribution in [3.05, 3.63) is 30.3 Å². The SMILES string of the molecule is CCC1(CC)CC(C(=O)O)(S(=O)(=O)c2ccccc2)C1. The van der Waals surface area contributed by atoms with Crippen LogP contribution < -0.4 is 0 Å². The van der Waals surface area contributed by atoms with E-state index in [0.29, 0.717) is 0 Å². The third-order valence-corrected chi connectivity index (χ3v) is 7.16. The predicted molar refractivity (Wildman–Crippen MR) is 76.2 cm³/mol. The number of benzene rings is 1. The molecule has 0 amide bonds. The molecule has 0 spiro atoms. The summed E-state index contributed by atoms with van der Waals surface area (Å²) < 4.78 is 23.8. The van der Waals surface area contributed by atoms with Crippen molar-refractivity contribution in [3.8, 4) is 0 Å². The Morgan fingerprint density at radius 3 is 2.05 bits per heavy atom. The molecule has 1 aromatic rings. The molecule has 1 aliphatic rings. The maximum Gasteiger partial charge on any atom is 0.325 e. The van der Waals surface area contributed by atoms with Crippen LogP contribution in [0.3, 0.4) is 0 Å². The van der Waals surface area contributed by atoms with Gasteiger partial charge < -0.3 is 5.11 Å². The molecule has 4 nitrogen and oxygen atoms in total. The van der Waals surface area contributed by atoms with Gasteiger partial charge in [-0.1, -0.05) is 44.9 Å². The van der Waals surface area contributed by atoms with E-state index in [2.05, 4.69) is 0 Å². The van der Waals surface area contributed by atoms with E-state index in [1.54, 1.807) is 18.2 Å². The molecular formula is C15H20O4S. The summed E-state index contributed by atoms with van der Waals surface area (Å²) in [6.45, 7) is 3.98. The topological polar surface area (TPSA) is 71.4 Å². The number of rotatable bonds is 5. The predicted octanol–water partition coefficient (Wildman–Crippen LogP) is 2.88. The summed E-state index contributed by atoms with van der Waals surface area (Å²) >= 11 is 0. The molecule has 20 heavy (non-hydrogen) atoms. The number of hydrogen-bond donors (Lipinski definition) is 1. The third kappa shape index (κ3) is 1.95. The van der Waals surface area contributed by atoms with Crippen LogP contribution in [0.15, 0.2) is 35.2 Å². The lowest BCUT2D eigenvalue weighted by Crippen LogP contribution is -2.61. The highest BCUT2D eigenvalue weighted by atomic mass is 32.2. The summed E-state index contributed by atoms with van der Waals surface area (Å²) in [5, 5.41) is 9.52. The molecule has 0 radical (unpaired) electrons. The van der Waals surface area contributed by atoms with E-state index in [-0.39, 0.29) is 23.2 Å². The Bertz CT molecular complexity index is 592. The van der Waals surface area contributed by atoms with Gasteiger partial charge >= 0.3 is 5.97 Å². The first-order valence-electron chi connectivity index (χ1n) is 6.87. The van der Waals surface area contributed by atoms with Gasteiger partial charge in [0, 0.05) is 0 Å². The van der Waals surface area contributed by atoms with E-state index in [1.807, 2.05) is 13.8 Å². The Morgan fingerprint density at radius 1 is 1.15 bits per heavy atom. The maximum atomic E-state index is 12.7. The fourth-order valence-corrected chi connectivity index (χ4v) is 5.38. The maximum absolute atomic E-state index is 12.7. The second-order valence-corrected chi connectivity index (χ2v) is 7.94. The van der Waals surface area contributed by atoms with Crippen LogP contribution in [0.2, 0.25) is 0 Å². The monoisotopic (exact) mass is 296 g/mol. The lowest BCUT2D eigenvalue weighted by Gasteiger charge is -2.52. The largest absolute Gasteiger partial charge is 0.480 e. The highest BCUT2D eigenvalue weighted by molar-refractivity contribution is 7.93. The van der Waals surface area contributed by atoms with Crippen molar-refractivity contribution in [3.63, 3.8) is 0 Å². The van der Waals surface area contributed by atoms with Crippen LogP contribution in [0.25, 0.3) is 0 Å². The summed E-state index contributed by atoms with van der Waals surface area (Å²) in [6, 6.07) is 7.90.